The van der Waals surface area contributed by atoms with Crippen LogP contribution in [0.5, 0.6) is 0 Å². The van der Waals surface area contributed by atoms with E-state index in [0.29, 0.717) is 19.0 Å². The Morgan fingerprint density at radius 3 is 2.91 bits per heavy atom. The normalized spacial score (nSPS) is 19.9. The van der Waals surface area contributed by atoms with E-state index in [0.717, 1.165) is 31.5 Å². The highest BCUT2D eigenvalue weighted by molar-refractivity contribution is 5.55. The lowest BCUT2D eigenvalue weighted by atomic mass is 10.1. The van der Waals surface area contributed by atoms with Crippen molar-refractivity contribution in [3.63, 3.8) is 0 Å². The van der Waals surface area contributed by atoms with Crippen LogP contribution in [0.15, 0.2) is 28.8 Å². The molecule has 3 rings (SSSR count). The number of aliphatic hydroxyl groups excluding tert-OH is 1. The van der Waals surface area contributed by atoms with Crippen LogP contribution in [0.3, 0.4) is 0 Å². The van der Waals surface area contributed by atoms with Gasteiger partial charge in [0.1, 0.15) is 0 Å². The van der Waals surface area contributed by atoms with Gasteiger partial charge in [-0.05, 0) is 31.5 Å². The van der Waals surface area contributed by atoms with E-state index in [4.69, 9.17) is 4.52 Å². The summed E-state index contributed by atoms with van der Waals surface area (Å²) < 4.78 is 43.3. The molecule has 1 saturated heterocycles. The number of piperidine rings is 1. The van der Waals surface area contributed by atoms with E-state index in [-0.39, 0.29) is 17.5 Å². The summed E-state index contributed by atoms with van der Waals surface area (Å²) in [4.78, 5) is 6.14. The summed E-state index contributed by atoms with van der Waals surface area (Å²) in [5.74, 6) is 0.454. The molecule has 2 aromatic rings. The van der Waals surface area contributed by atoms with Crippen LogP contribution < -0.4 is 0 Å². The molecule has 124 valence electrons. The number of aliphatic hydroxyl groups is 1. The molecule has 1 aliphatic rings. The summed E-state index contributed by atoms with van der Waals surface area (Å²) in [5, 5.41) is 13.4. The molecule has 5 nitrogen and oxygen atoms in total. The first-order valence-corrected chi connectivity index (χ1v) is 7.32. The number of β-amino-alcohol motifs (C(OH)–C–C–N with tert-alkyl or cyclic N) is 1. The molecule has 1 aromatic heterocycles. The summed E-state index contributed by atoms with van der Waals surface area (Å²) in [6.45, 7) is 1.72. The zero-order chi connectivity index (χ0) is 16.4. The van der Waals surface area contributed by atoms with E-state index < -0.39 is 11.7 Å². The molecule has 1 N–H and O–H groups in total. The number of hydrogen-bond donors (Lipinski definition) is 1. The largest absolute Gasteiger partial charge is 0.416 e. The van der Waals surface area contributed by atoms with Gasteiger partial charge in [0, 0.05) is 12.1 Å². The molecule has 0 aliphatic carbocycles. The van der Waals surface area contributed by atoms with Gasteiger partial charge < -0.3 is 9.63 Å². The van der Waals surface area contributed by atoms with Gasteiger partial charge in [-0.25, -0.2) is 0 Å². The monoisotopic (exact) mass is 327 g/mol. The summed E-state index contributed by atoms with van der Waals surface area (Å²) in [6, 6.07) is 4.82. The number of halogens is 3. The SMILES string of the molecule is O[C@H]1CCCN(Cc2nc(-c3cccc(C(F)(F)F)c3)no2)C1. The van der Waals surface area contributed by atoms with Gasteiger partial charge in [0.2, 0.25) is 11.7 Å². The van der Waals surface area contributed by atoms with Crippen molar-refractivity contribution in [3.05, 3.63) is 35.7 Å². The van der Waals surface area contributed by atoms with Gasteiger partial charge in [0.15, 0.2) is 0 Å². The first-order chi connectivity index (χ1) is 10.9. The van der Waals surface area contributed by atoms with Crippen molar-refractivity contribution in [2.75, 3.05) is 13.1 Å². The van der Waals surface area contributed by atoms with Crippen molar-refractivity contribution in [1.29, 1.82) is 0 Å². The molecule has 0 unspecified atom stereocenters. The van der Waals surface area contributed by atoms with Crippen LogP contribution in [0.2, 0.25) is 0 Å². The second kappa shape index (κ2) is 6.29. The van der Waals surface area contributed by atoms with Gasteiger partial charge >= 0.3 is 6.18 Å². The fourth-order valence-electron chi connectivity index (χ4n) is 2.64. The predicted molar refractivity (Wildman–Crippen MR) is 75.3 cm³/mol. The van der Waals surface area contributed by atoms with Crippen LogP contribution in [-0.4, -0.2) is 39.3 Å². The van der Waals surface area contributed by atoms with Crippen molar-refractivity contribution >= 4 is 0 Å². The third-order valence-electron chi connectivity index (χ3n) is 3.76. The summed E-state index contributed by atoms with van der Waals surface area (Å²) >= 11 is 0. The fourth-order valence-corrected chi connectivity index (χ4v) is 2.64. The fraction of sp³-hybridized carbons (Fsp3) is 0.467. The molecule has 0 radical (unpaired) electrons. The van der Waals surface area contributed by atoms with Gasteiger partial charge in [-0.15, -0.1) is 0 Å². The average molecular weight is 327 g/mol. The third-order valence-corrected chi connectivity index (χ3v) is 3.76. The molecule has 1 atom stereocenters. The van der Waals surface area contributed by atoms with E-state index in [9.17, 15) is 18.3 Å². The lowest BCUT2D eigenvalue weighted by Crippen LogP contribution is -2.37. The summed E-state index contributed by atoms with van der Waals surface area (Å²) in [7, 11) is 0. The molecule has 0 bridgehead atoms. The first-order valence-electron chi connectivity index (χ1n) is 7.32. The Kier molecular flexibility index (Phi) is 4.36. The number of nitrogens with zero attached hydrogens (tertiary/aromatic N) is 3. The van der Waals surface area contributed by atoms with Crippen molar-refractivity contribution in [2.45, 2.75) is 31.7 Å². The van der Waals surface area contributed by atoms with Crippen molar-refractivity contribution in [1.82, 2.24) is 15.0 Å². The Balaban J connectivity index is 1.74. The topological polar surface area (TPSA) is 62.4 Å². The number of rotatable bonds is 3. The molecule has 0 saturated carbocycles. The maximum Gasteiger partial charge on any atom is 0.416 e. The molecule has 23 heavy (non-hydrogen) atoms. The molecule has 1 aromatic carbocycles. The first kappa shape index (κ1) is 15.9. The summed E-state index contributed by atoms with van der Waals surface area (Å²) in [5.41, 5.74) is -0.492. The lowest BCUT2D eigenvalue weighted by molar-refractivity contribution is -0.137. The number of hydrogen-bond acceptors (Lipinski definition) is 5. The predicted octanol–water partition coefficient (Wildman–Crippen LogP) is 2.71. The average Bonchev–Trinajstić information content (AvgIpc) is 2.95. The second-order valence-electron chi connectivity index (χ2n) is 5.62. The number of alkyl halides is 3. The number of benzene rings is 1. The zero-order valence-corrected chi connectivity index (χ0v) is 12.3. The lowest BCUT2D eigenvalue weighted by Gasteiger charge is -2.28. The Labute approximate surface area is 130 Å². The van der Waals surface area contributed by atoms with Crippen LogP contribution in [0.4, 0.5) is 13.2 Å². The molecule has 8 heteroatoms. The standard InChI is InChI=1S/C15H16F3N3O2/c16-15(17,18)11-4-1-3-10(7-11)14-19-13(23-20-14)9-21-6-2-5-12(22)8-21/h1,3-4,7,12,22H,2,5-6,8-9H2/t12-/m0/s1. The van der Waals surface area contributed by atoms with E-state index in [1.807, 2.05) is 4.90 Å². The smallest absolute Gasteiger partial charge is 0.392 e. The van der Waals surface area contributed by atoms with E-state index >= 15 is 0 Å². The van der Waals surface area contributed by atoms with E-state index in [1.165, 1.54) is 12.1 Å². The molecule has 0 amide bonds. The molecular formula is C15H16F3N3O2. The van der Waals surface area contributed by atoms with Gasteiger partial charge in [0.25, 0.3) is 0 Å². The van der Waals surface area contributed by atoms with Crippen LogP contribution in [-0.2, 0) is 12.7 Å². The molecule has 1 fully saturated rings. The maximum absolute atomic E-state index is 12.7. The number of aromatic nitrogens is 2. The Hall–Kier alpha value is -1.93. The molecular weight excluding hydrogens is 311 g/mol. The minimum absolute atomic E-state index is 0.128. The maximum atomic E-state index is 12.7. The van der Waals surface area contributed by atoms with Crippen LogP contribution in [0.1, 0.15) is 24.3 Å². The highest BCUT2D eigenvalue weighted by Gasteiger charge is 2.30. The Bertz CT molecular complexity index is 672. The second-order valence-corrected chi connectivity index (χ2v) is 5.62. The number of likely N-dealkylation sites (tertiary alicyclic amines) is 1. The van der Waals surface area contributed by atoms with Gasteiger partial charge in [-0.1, -0.05) is 17.3 Å². The van der Waals surface area contributed by atoms with E-state index in [2.05, 4.69) is 10.1 Å². The highest BCUT2D eigenvalue weighted by Crippen LogP contribution is 2.31. The van der Waals surface area contributed by atoms with Crippen molar-refractivity contribution in [2.24, 2.45) is 0 Å². The van der Waals surface area contributed by atoms with Crippen LogP contribution in [0, 0.1) is 0 Å². The zero-order valence-electron chi connectivity index (χ0n) is 12.3. The minimum atomic E-state index is -4.41. The van der Waals surface area contributed by atoms with Crippen molar-refractivity contribution < 1.29 is 22.8 Å². The van der Waals surface area contributed by atoms with Gasteiger partial charge in [0.05, 0.1) is 18.2 Å². The van der Waals surface area contributed by atoms with Gasteiger partial charge in [-0.2, -0.15) is 18.2 Å². The Morgan fingerprint density at radius 1 is 1.35 bits per heavy atom. The molecule has 2 heterocycles. The van der Waals surface area contributed by atoms with Crippen LogP contribution in [0.25, 0.3) is 11.4 Å². The minimum Gasteiger partial charge on any atom is -0.392 e. The quantitative estimate of drug-likeness (QED) is 0.939. The molecule has 0 spiro atoms. The van der Waals surface area contributed by atoms with E-state index in [1.54, 1.807) is 0 Å². The van der Waals surface area contributed by atoms with Gasteiger partial charge in [-0.3, -0.25) is 4.90 Å². The molecule has 1 aliphatic heterocycles. The Morgan fingerprint density at radius 2 is 2.17 bits per heavy atom. The van der Waals surface area contributed by atoms with Crippen molar-refractivity contribution in [3.8, 4) is 11.4 Å². The highest BCUT2D eigenvalue weighted by atomic mass is 19.4. The van der Waals surface area contributed by atoms with Crippen LogP contribution >= 0.6 is 0 Å². The third kappa shape index (κ3) is 3.89. The summed E-state index contributed by atoms with van der Waals surface area (Å²) in [6.07, 6.45) is -3.12.